The number of carbonyl (C=O) groups is 1. The lowest BCUT2D eigenvalue weighted by molar-refractivity contribution is -0.00884. The third kappa shape index (κ3) is 5.20. The van der Waals surface area contributed by atoms with Gasteiger partial charge < -0.3 is 9.47 Å². The molecule has 0 radical (unpaired) electrons. The monoisotopic (exact) mass is 659 g/mol. The van der Waals surface area contributed by atoms with Crippen LogP contribution in [0.15, 0.2) is 47.7 Å². The fourth-order valence-corrected chi connectivity index (χ4v) is 6.78. The number of ether oxygens (including phenoxy) is 2. The average molecular weight is 660 g/mol. The summed E-state index contributed by atoms with van der Waals surface area (Å²) >= 11 is 0. The van der Waals surface area contributed by atoms with E-state index in [-0.39, 0.29) is 30.2 Å². The van der Waals surface area contributed by atoms with Crippen LogP contribution in [0.2, 0.25) is 0 Å². The molecule has 2 atom stereocenters. The van der Waals surface area contributed by atoms with Gasteiger partial charge in [0, 0.05) is 37.5 Å². The maximum Gasteiger partial charge on any atom is 0.411 e. The summed E-state index contributed by atoms with van der Waals surface area (Å²) in [4.78, 5) is 29.7. The van der Waals surface area contributed by atoms with Crippen LogP contribution in [0.5, 0.6) is 0 Å². The van der Waals surface area contributed by atoms with E-state index in [0.717, 1.165) is 12.8 Å². The van der Waals surface area contributed by atoms with Gasteiger partial charge in [0.25, 0.3) is 0 Å². The first-order valence-corrected chi connectivity index (χ1v) is 16.1. The molecule has 0 N–H and O–H groups in total. The molecule has 3 aromatic heterocycles. The van der Waals surface area contributed by atoms with Gasteiger partial charge in [0.15, 0.2) is 5.82 Å². The molecule has 1 amide bonds. The summed E-state index contributed by atoms with van der Waals surface area (Å²) in [6, 6.07) is 5.96. The normalized spacial score (nSPS) is 18.1. The van der Waals surface area contributed by atoms with E-state index < -0.39 is 29.2 Å². The number of nitrogens with zero attached hydrogens (tertiary/aromatic N) is 7. The van der Waals surface area contributed by atoms with Crippen LogP contribution in [0.3, 0.4) is 0 Å². The van der Waals surface area contributed by atoms with E-state index in [0.29, 0.717) is 51.2 Å². The summed E-state index contributed by atoms with van der Waals surface area (Å²) in [5.74, 6) is -0.551. The fraction of sp³-hybridized carbons (Fsp3) is 0.429. The van der Waals surface area contributed by atoms with Crippen molar-refractivity contribution in [1.82, 2.24) is 33.6 Å². The Morgan fingerprint density at radius 3 is 2.38 bits per heavy atom. The van der Waals surface area contributed by atoms with Crippen LogP contribution in [0.4, 0.5) is 13.6 Å². The van der Waals surface area contributed by atoms with Crippen LogP contribution in [0.25, 0.3) is 28.1 Å². The molecule has 0 saturated heterocycles. The Bertz CT molecular complexity index is 2110. The SMILES string of the molecule is COC[C@H]1c2c(nn(-c3cc(C)c(F)c(C)c3)c2-n2ccn(-c3ccc4c(cnn4C4CC4)c3F)c2=O)C[C@@H](C)N1C(=O)OC(C)(C)C. The molecule has 2 aliphatic rings. The van der Waals surface area contributed by atoms with Gasteiger partial charge in [0.2, 0.25) is 0 Å². The molecule has 2 aromatic carbocycles. The third-order valence-electron chi connectivity index (χ3n) is 9.05. The van der Waals surface area contributed by atoms with E-state index in [9.17, 15) is 14.0 Å². The molecule has 5 aromatic rings. The van der Waals surface area contributed by atoms with E-state index >= 15 is 4.39 Å². The Kier molecular flexibility index (Phi) is 7.57. The average Bonchev–Trinajstić information content (AvgIpc) is 3.48. The van der Waals surface area contributed by atoms with Gasteiger partial charge in [0.1, 0.15) is 17.2 Å². The number of amides is 1. The molecule has 0 bridgehead atoms. The molecule has 1 fully saturated rings. The van der Waals surface area contributed by atoms with Crippen LogP contribution >= 0.6 is 0 Å². The molecular formula is C35H39F2N7O4. The Hall–Kier alpha value is -4.78. The quantitative estimate of drug-likeness (QED) is 0.213. The number of methoxy groups -OCH3 is 1. The van der Waals surface area contributed by atoms with Crippen molar-refractivity contribution in [3.63, 3.8) is 0 Å². The van der Waals surface area contributed by atoms with Gasteiger partial charge >= 0.3 is 11.8 Å². The maximum atomic E-state index is 16.1. The van der Waals surface area contributed by atoms with Crippen molar-refractivity contribution in [2.45, 2.75) is 84.5 Å². The number of hydrogen-bond donors (Lipinski definition) is 0. The van der Waals surface area contributed by atoms with E-state index in [4.69, 9.17) is 14.6 Å². The van der Waals surface area contributed by atoms with Crippen molar-refractivity contribution < 1.29 is 23.0 Å². The largest absolute Gasteiger partial charge is 0.444 e. The zero-order chi connectivity index (χ0) is 34.2. The number of hydrogen-bond acceptors (Lipinski definition) is 6. The molecule has 0 unspecified atom stereocenters. The first kappa shape index (κ1) is 31.8. The second kappa shape index (κ2) is 11.4. The predicted molar refractivity (Wildman–Crippen MR) is 175 cm³/mol. The second-order valence-electron chi connectivity index (χ2n) is 13.9. The molecule has 4 heterocycles. The first-order chi connectivity index (χ1) is 22.8. The van der Waals surface area contributed by atoms with Gasteiger partial charge in [-0.25, -0.2) is 23.1 Å². The van der Waals surface area contributed by atoms with E-state index in [1.54, 1.807) is 74.7 Å². The van der Waals surface area contributed by atoms with Gasteiger partial charge in [-0.15, -0.1) is 0 Å². The number of imidazole rings is 1. The van der Waals surface area contributed by atoms with Gasteiger partial charge in [-0.1, -0.05) is 0 Å². The summed E-state index contributed by atoms with van der Waals surface area (Å²) in [6.45, 7) is 10.7. The van der Waals surface area contributed by atoms with E-state index in [2.05, 4.69) is 5.10 Å². The number of aromatic nitrogens is 6. The highest BCUT2D eigenvalue weighted by molar-refractivity contribution is 5.82. The van der Waals surface area contributed by atoms with Crippen molar-refractivity contribution in [2.24, 2.45) is 0 Å². The third-order valence-corrected chi connectivity index (χ3v) is 9.05. The van der Waals surface area contributed by atoms with Gasteiger partial charge in [-0.05, 0) is 89.8 Å². The molecule has 0 spiro atoms. The minimum absolute atomic E-state index is 0.0763. The zero-order valence-corrected chi connectivity index (χ0v) is 28.1. The van der Waals surface area contributed by atoms with Crippen LogP contribution in [0.1, 0.15) is 75.0 Å². The standard InChI is InChI=1S/C35H39F2N7O4/c1-19-14-23(15-20(2)30(19)36)44-32(29-25(39-44)16-21(3)42(28(29)18-47-7)34(46)48-35(4,5)6)41-13-12-40(33(41)45)27-11-10-26-24(31(27)37)17-38-43(26)22-8-9-22/h10-15,17,21-22,28H,8-9,16,18H2,1-7H3/t21-,28+/m1/s1. The minimum atomic E-state index is -0.751. The van der Waals surface area contributed by atoms with Gasteiger partial charge in [-0.3, -0.25) is 18.7 Å². The van der Waals surface area contributed by atoms with Crippen molar-refractivity contribution in [3.8, 4) is 17.2 Å². The van der Waals surface area contributed by atoms with Crippen LogP contribution in [0, 0.1) is 25.5 Å². The first-order valence-electron chi connectivity index (χ1n) is 16.1. The molecule has 1 aliphatic heterocycles. The number of carbonyl (C=O) groups excluding carboxylic acids is 1. The number of halogens is 2. The summed E-state index contributed by atoms with van der Waals surface area (Å²) in [6.07, 6.45) is 6.40. The van der Waals surface area contributed by atoms with Crippen molar-refractivity contribution in [3.05, 3.63) is 87.4 Å². The molecule has 48 heavy (non-hydrogen) atoms. The highest BCUT2D eigenvalue weighted by atomic mass is 19.1. The Balaban J connectivity index is 1.44. The Labute approximate surface area is 276 Å². The number of benzene rings is 2. The van der Waals surface area contributed by atoms with Crippen LogP contribution in [-0.4, -0.2) is 65.0 Å². The fourth-order valence-electron chi connectivity index (χ4n) is 6.78. The maximum absolute atomic E-state index is 16.1. The number of fused-ring (bicyclic) bond motifs is 2. The van der Waals surface area contributed by atoms with Gasteiger partial charge in [0.05, 0.1) is 52.9 Å². The summed E-state index contributed by atoms with van der Waals surface area (Å²) in [5.41, 5.74) is 2.04. The van der Waals surface area contributed by atoms with Crippen molar-refractivity contribution in [1.29, 1.82) is 0 Å². The number of rotatable bonds is 6. The molecule has 7 rings (SSSR count). The topological polar surface area (TPSA) is 101 Å². The molecule has 252 valence electrons. The smallest absolute Gasteiger partial charge is 0.411 e. The van der Waals surface area contributed by atoms with E-state index in [1.807, 2.05) is 11.6 Å². The summed E-state index contributed by atoms with van der Waals surface area (Å²) in [5, 5.41) is 9.71. The molecule has 1 saturated carbocycles. The van der Waals surface area contributed by atoms with E-state index in [1.165, 1.54) is 28.6 Å². The van der Waals surface area contributed by atoms with Gasteiger partial charge in [-0.2, -0.15) is 10.2 Å². The lowest BCUT2D eigenvalue weighted by Crippen LogP contribution is -2.49. The van der Waals surface area contributed by atoms with Crippen molar-refractivity contribution in [2.75, 3.05) is 13.7 Å². The molecule has 13 heteroatoms. The highest BCUT2D eigenvalue weighted by Gasteiger charge is 2.43. The lowest BCUT2D eigenvalue weighted by atomic mass is 9.94. The van der Waals surface area contributed by atoms with Crippen molar-refractivity contribution >= 4 is 17.0 Å². The zero-order valence-electron chi connectivity index (χ0n) is 28.1. The summed E-state index contributed by atoms with van der Waals surface area (Å²) in [7, 11) is 1.54. The molecule has 1 aliphatic carbocycles. The highest BCUT2D eigenvalue weighted by Crippen LogP contribution is 2.40. The predicted octanol–water partition coefficient (Wildman–Crippen LogP) is 6.26. The van der Waals surface area contributed by atoms with Crippen LogP contribution < -0.4 is 5.69 Å². The Morgan fingerprint density at radius 2 is 1.73 bits per heavy atom. The summed E-state index contributed by atoms with van der Waals surface area (Å²) < 4.78 is 48.4. The number of aryl methyl sites for hydroxylation is 2. The lowest BCUT2D eigenvalue weighted by Gasteiger charge is -2.40. The molecular weight excluding hydrogens is 620 g/mol. The molecule has 11 nitrogen and oxygen atoms in total. The second-order valence-corrected chi connectivity index (χ2v) is 13.9. The van der Waals surface area contributed by atoms with Crippen LogP contribution in [-0.2, 0) is 15.9 Å². The Morgan fingerprint density at radius 1 is 1.04 bits per heavy atom. The minimum Gasteiger partial charge on any atom is -0.444 e.